The van der Waals surface area contributed by atoms with Gasteiger partial charge in [-0.15, -0.1) is 0 Å². The Morgan fingerprint density at radius 1 is 1.12 bits per heavy atom. The molecule has 0 aliphatic heterocycles. The van der Waals surface area contributed by atoms with E-state index in [4.69, 9.17) is 0 Å². The van der Waals surface area contributed by atoms with Crippen LogP contribution in [0.15, 0.2) is 41.5 Å². The lowest BCUT2D eigenvalue weighted by atomic mass is 10.1. The summed E-state index contributed by atoms with van der Waals surface area (Å²) in [7, 11) is 0. The van der Waals surface area contributed by atoms with Crippen molar-refractivity contribution < 1.29 is 19.1 Å². The maximum Gasteiger partial charge on any atom is 0.240 e. The Balaban J connectivity index is 1.80. The largest absolute Gasteiger partial charge is 0.507 e. The molecule has 0 saturated carbocycles. The van der Waals surface area contributed by atoms with Gasteiger partial charge in [0.15, 0.2) is 0 Å². The Hall–Kier alpha value is -3.22. The topological polar surface area (TPSA) is 90.8 Å². The second-order valence-electron chi connectivity index (χ2n) is 5.82. The van der Waals surface area contributed by atoms with E-state index in [9.17, 15) is 19.1 Å². The third-order valence-electron chi connectivity index (χ3n) is 3.64. The second kappa shape index (κ2) is 8.75. The van der Waals surface area contributed by atoms with Crippen molar-refractivity contribution in [3.05, 3.63) is 58.9 Å². The van der Waals surface area contributed by atoms with Gasteiger partial charge in [-0.05, 0) is 54.8 Å². The number of aryl methyl sites for hydroxylation is 2. The molecule has 0 spiro atoms. The molecule has 136 valence electrons. The van der Waals surface area contributed by atoms with E-state index in [1.807, 2.05) is 0 Å². The van der Waals surface area contributed by atoms with E-state index >= 15 is 0 Å². The molecular weight excluding hydrogens is 337 g/mol. The van der Waals surface area contributed by atoms with Gasteiger partial charge in [-0.3, -0.25) is 9.59 Å². The minimum atomic E-state index is -0.533. The average Bonchev–Trinajstić information content (AvgIpc) is 2.60. The van der Waals surface area contributed by atoms with Crippen LogP contribution in [-0.4, -0.2) is 23.1 Å². The lowest BCUT2D eigenvalue weighted by Gasteiger charge is -2.06. The number of anilines is 1. The third kappa shape index (κ3) is 5.41. The van der Waals surface area contributed by atoms with Crippen LogP contribution in [0.25, 0.3) is 0 Å². The lowest BCUT2D eigenvalue weighted by molar-refractivity contribution is -0.124. The third-order valence-corrected chi connectivity index (χ3v) is 3.64. The van der Waals surface area contributed by atoms with Crippen molar-refractivity contribution in [2.75, 3.05) is 5.32 Å². The van der Waals surface area contributed by atoms with E-state index in [0.29, 0.717) is 11.1 Å². The van der Waals surface area contributed by atoms with Crippen LogP contribution in [0, 0.1) is 19.7 Å². The molecule has 0 radical (unpaired) electrons. The summed E-state index contributed by atoms with van der Waals surface area (Å²) in [6.45, 7) is 3.54. The van der Waals surface area contributed by atoms with Gasteiger partial charge in [0.2, 0.25) is 11.8 Å². The molecule has 2 aromatic carbocycles. The number of aromatic hydroxyl groups is 1. The summed E-state index contributed by atoms with van der Waals surface area (Å²) in [6.07, 6.45) is 1.29. The standard InChI is InChI=1S/C19H20FN3O3/c1-12-9-14(10-13(2)19(12)26)11-21-23-18(25)8-7-17(24)22-16-6-4-3-5-15(16)20/h3-6,9-11,26H,7-8H2,1-2H3,(H,22,24)(H,23,25). The molecule has 0 bridgehead atoms. The van der Waals surface area contributed by atoms with Crippen LogP contribution in [-0.2, 0) is 9.59 Å². The predicted molar refractivity (Wildman–Crippen MR) is 97.6 cm³/mol. The summed E-state index contributed by atoms with van der Waals surface area (Å²) in [5.74, 6) is -1.20. The summed E-state index contributed by atoms with van der Waals surface area (Å²) in [5.41, 5.74) is 4.56. The van der Waals surface area contributed by atoms with Crippen LogP contribution in [0.1, 0.15) is 29.5 Å². The quantitative estimate of drug-likeness (QED) is 0.548. The van der Waals surface area contributed by atoms with Gasteiger partial charge in [0.1, 0.15) is 11.6 Å². The van der Waals surface area contributed by atoms with Crippen LogP contribution >= 0.6 is 0 Å². The number of phenols is 1. The number of hydrogen-bond donors (Lipinski definition) is 3. The van der Waals surface area contributed by atoms with E-state index in [1.54, 1.807) is 32.0 Å². The van der Waals surface area contributed by atoms with Crippen molar-refractivity contribution in [3.63, 3.8) is 0 Å². The fourth-order valence-corrected chi connectivity index (χ4v) is 2.30. The van der Waals surface area contributed by atoms with Gasteiger partial charge < -0.3 is 10.4 Å². The average molecular weight is 357 g/mol. The molecule has 7 heteroatoms. The first-order valence-electron chi connectivity index (χ1n) is 8.03. The second-order valence-corrected chi connectivity index (χ2v) is 5.82. The first kappa shape index (κ1) is 19.1. The van der Waals surface area contributed by atoms with Crippen LogP contribution < -0.4 is 10.7 Å². The van der Waals surface area contributed by atoms with Gasteiger partial charge in [0, 0.05) is 12.8 Å². The molecule has 2 amide bonds. The number of hydrogen-bond acceptors (Lipinski definition) is 4. The van der Waals surface area contributed by atoms with Gasteiger partial charge in [0.25, 0.3) is 0 Å². The molecule has 0 saturated heterocycles. The highest BCUT2D eigenvalue weighted by Gasteiger charge is 2.09. The van der Waals surface area contributed by atoms with E-state index in [2.05, 4.69) is 15.8 Å². The monoisotopic (exact) mass is 357 g/mol. The Bertz CT molecular complexity index is 827. The normalized spacial score (nSPS) is 10.7. The summed E-state index contributed by atoms with van der Waals surface area (Å²) >= 11 is 0. The smallest absolute Gasteiger partial charge is 0.240 e. The molecule has 0 aliphatic carbocycles. The minimum absolute atomic E-state index is 0.0778. The number of hydrazone groups is 1. The molecule has 0 heterocycles. The Morgan fingerprint density at radius 3 is 2.38 bits per heavy atom. The van der Waals surface area contributed by atoms with Crippen LogP contribution in [0.2, 0.25) is 0 Å². The number of nitrogens with one attached hydrogen (secondary N) is 2. The number of para-hydroxylation sites is 1. The number of nitrogens with zero attached hydrogens (tertiary/aromatic N) is 1. The zero-order valence-electron chi connectivity index (χ0n) is 14.5. The zero-order chi connectivity index (χ0) is 19.1. The summed E-state index contributed by atoms with van der Waals surface area (Å²) in [6, 6.07) is 9.28. The maximum absolute atomic E-state index is 13.4. The number of benzene rings is 2. The Morgan fingerprint density at radius 2 is 1.73 bits per heavy atom. The van der Waals surface area contributed by atoms with E-state index in [-0.39, 0.29) is 24.3 Å². The van der Waals surface area contributed by atoms with Crippen molar-refractivity contribution in [3.8, 4) is 5.75 Å². The maximum atomic E-state index is 13.4. The van der Waals surface area contributed by atoms with Crippen molar-refractivity contribution in [2.24, 2.45) is 5.10 Å². The van der Waals surface area contributed by atoms with Gasteiger partial charge in [0.05, 0.1) is 11.9 Å². The molecule has 0 atom stereocenters. The number of carbonyl (C=O) groups excluding carboxylic acids is 2. The Labute approximate surface area is 150 Å². The molecule has 26 heavy (non-hydrogen) atoms. The first-order valence-corrected chi connectivity index (χ1v) is 8.03. The number of rotatable bonds is 6. The van der Waals surface area contributed by atoms with Gasteiger partial charge >= 0.3 is 0 Å². The van der Waals surface area contributed by atoms with Gasteiger partial charge in [-0.2, -0.15) is 5.10 Å². The molecule has 2 aromatic rings. The molecule has 0 unspecified atom stereocenters. The van der Waals surface area contributed by atoms with E-state index < -0.39 is 17.6 Å². The molecular formula is C19H20FN3O3. The predicted octanol–water partition coefficient (Wildman–Crippen LogP) is 3.02. The van der Waals surface area contributed by atoms with Crippen molar-refractivity contribution in [2.45, 2.75) is 26.7 Å². The molecule has 0 aliphatic rings. The lowest BCUT2D eigenvalue weighted by Crippen LogP contribution is -2.21. The van der Waals surface area contributed by atoms with Crippen LogP contribution in [0.4, 0.5) is 10.1 Å². The molecule has 2 rings (SSSR count). The van der Waals surface area contributed by atoms with Crippen molar-refractivity contribution in [1.82, 2.24) is 5.43 Å². The van der Waals surface area contributed by atoms with Gasteiger partial charge in [-0.25, -0.2) is 9.82 Å². The summed E-state index contributed by atoms with van der Waals surface area (Å²) < 4.78 is 13.4. The number of carbonyl (C=O) groups is 2. The highest BCUT2D eigenvalue weighted by Crippen LogP contribution is 2.22. The first-order chi connectivity index (χ1) is 12.4. The summed E-state index contributed by atoms with van der Waals surface area (Å²) in [4.78, 5) is 23.5. The van der Waals surface area contributed by atoms with Crippen molar-refractivity contribution in [1.29, 1.82) is 0 Å². The fourth-order valence-electron chi connectivity index (χ4n) is 2.30. The highest BCUT2D eigenvalue weighted by atomic mass is 19.1. The van der Waals surface area contributed by atoms with Gasteiger partial charge in [-0.1, -0.05) is 12.1 Å². The fraction of sp³-hybridized carbons (Fsp3) is 0.211. The number of halogens is 1. The molecule has 0 fully saturated rings. The van der Waals surface area contributed by atoms with Crippen molar-refractivity contribution >= 4 is 23.7 Å². The molecule has 0 aromatic heterocycles. The Kier molecular flexibility index (Phi) is 6.43. The molecule has 6 nitrogen and oxygen atoms in total. The number of amides is 2. The van der Waals surface area contributed by atoms with Crippen LogP contribution in [0.5, 0.6) is 5.75 Å². The van der Waals surface area contributed by atoms with Crippen LogP contribution in [0.3, 0.4) is 0 Å². The zero-order valence-corrected chi connectivity index (χ0v) is 14.5. The highest BCUT2D eigenvalue weighted by molar-refractivity contribution is 5.93. The number of phenolic OH excluding ortho intramolecular Hbond substituents is 1. The summed E-state index contributed by atoms with van der Waals surface area (Å²) in [5, 5.41) is 16.0. The minimum Gasteiger partial charge on any atom is -0.507 e. The van der Waals surface area contributed by atoms with E-state index in [0.717, 1.165) is 5.56 Å². The molecule has 3 N–H and O–H groups in total. The van der Waals surface area contributed by atoms with E-state index in [1.165, 1.54) is 24.4 Å². The SMILES string of the molecule is Cc1cc(C=NNC(=O)CCC(=O)Nc2ccccc2F)cc(C)c1O.